The molecule has 5 nitrogen and oxygen atoms in total. The Kier molecular flexibility index (Phi) is 4.23. The molecule has 0 unspecified atom stereocenters. The third kappa shape index (κ3) is 3.02. The Labute approximate surface area is 114 Å². The molecule has 0 aliphatic heterocycles. The fraction of sp³-hybridized carbons (Fsp3) is 0.545. The molecule has 0 radical (unpaired) electrons. The van der Waals surface area contributed by atoms with Crippen LogP contribution in [0.5, 0.6) is 0 Å². The van der Waals surface area contributed by atoms with E-state index in [1.165, 1.54) is 11.5 Å². The summed E-state index contributed by atoms with van der Waals surface area (Å²) in [6.45, 7) is 6.27. The van der Waals surface area contributed by atoms with Crippen LogP contribution in [0.3, 0.4) is 0 Å². The van der Waals surface area contributed by atoms with Gasteiger partial charge in [-0.1, -0.05) is 19.0 Å². The molecule has 2 rings (SSSR count). The van der Waals surface area contributed by atoms with E-state index in [1.54, 1.807) is 11.8 Å². The molecule has 98 valence electrons. The van der Waals surface area contributed by atoms with Crippen LogP contribution in [0.4, 0.5) is 5.00 Å². The lowest BCUT2D eigenvalue weighted by atomic mass is 10.2. The lowest BCUT2D eigenvalue weighted by molar-refractivity contribution is 0.425. The predicted octanol–water partition coefficient (Wildman–Crippen LogP) is 2.97. The maximum absolute atomic E-state index is 5.85. The number of hydrogen-bond donors (Lipinski definition) is 1. The van der Waals surface area contributed by atoms with Crippen LogP contribution in [0.2, 0.25) is 0 Å². The Morgan fingerprint density at radius 3 is 2.83 bits per heavy atom. The zero-order valence-electron chi connectivity index (χ0n) is 10.6. The molecular formula is C11H16N4OS2. The SMILES string of the molecule is Cc1nsc(N)c1-c1nc(CSCC(C)C)no1. The van der Waals surface area contributed by atoms with Gasteiger partial charge in [0.25, 0.3) is 5.89 Å². The van der Waals surface area contributed by atoms with Crippen molar-refractivity contribution < 1.29 is 4.52 Å². The third-order valence-electron chi connectivity index (χ3n) is 2.25. The van der Waals surface area contributed by atoms with E-state index in [0.29, 0.717) is 22.6 Å². The van der Waals surface area contributed by atoms with Crippen LogP contribution >= 0.6 is 23.3 Å². The van der Waals surface area contributed by atoms with Crippen molar-refractivity contribution in [2.24, 2.45) is 5.92 Å². The van der Waals surface area contributed by atoms with Crippen LogP contribution in [0.15, 0.2) is 4.52 Å². The number of aryl methyl sites for hydroxylation is 1. The number of nitrogens with two attached hydrogens (primary N) is 1. The van der Waals surface area contributed by atoms with Crippen LogP contribution in [-0.4, -0.2) is 20.3 Å². The predicted molar refractivity (Wildman–Crippen MR) is 75.6 cm³/mol. The van der Waals surface area contributed by atoms with Crippen molar-refractivity contribution in [3.8, 4) is 11.5 Å². The van der Waals surface area contributed by atoms with Gasteiger partial charge in [-0.2, -0.15) is 21.1 Å². The number of nitrogens with zero attached hydrogens (tertiary/aromatic N) is 3. The van der Waals surface area contributed by atoms with E-state index in [2.05, 4.69) is 28.4 Å². The Hall–Kier alpha value is -1.08. The van der Waals surface area contributed by atoms with Gasteiger partial charge in [0.05, 0.1) is 17.0 Å². The van der Waals surface area contributed by atoms with Gasteiger partial charge in [0.2, 0.25) is 0 Å². The van der Waals surface area contributed by atoms with Crippen LogP contribution in [0.1, 0.15) is 25.4 Å². The maximum atomic E-state index is 5.85. The van der Waals surface area contributed by atoms with Gasteiger partial charge in [-0.25, -0.2) is 0 Å². The number of hydrogen-bond acceptors (Lipinski definition) is 7. The van der Waals surface area contributed by atoms with E-state index < -0.39 is 0 Å². The monoisotopic (exact) mass is 284 g/mol. The van der Waals surface area contributed by atoms with Crippen LogP contribution in [0, 0.1) is 12.8 Å². The van der Waals surface area contributed by atoms with Crippen molar-refractivity contribution in [3.63, 3.8) is 0 Å². The smallest absolute Gasteiger partial charge is 0.262 e. The van der Waals surface area contributed by atoms with Gasteiger partial charge in [0.1, 0.15) is 5.00 Å². The summed E-state index contributed by atoms with van der Waals surface area (Å²) in [5, 5.41) is 4.59. The Morgan fingerprint density at radius 1 is 1.44 bits per heavy atom. The summed E-state index contributed by atoms with van der Waals surface area (Å²) < 4.78 is 9.41. The minimum atomic E-state index is 0.471. The quantitative estimate of drug-likeness (QED) is 0.909. The summed E-state index contributed by atoms with van der Waals surface area (Å²) in [4.78, 5) is 4.36. The van der Waals surface area contributed by atoms with Crippen molar-refractivity contribution >= 4 is 28.3 Å². The van der Waals surface area contributed by atoms with E-state index in [9.17, 15) is 0 Å². The molecule has 18 heavy (non-hydrogen) atoms. The van der Waals surface area contributed by atoms with Gasteiger partial charge in [-0.05, 0) is 30.1 Å². The van der Waals surface area contributed by atoms with Gasteiger partial charge in [0.15, 0.2) is 5.82 Å². The Balaban J connectivity index is 2.06. The first-order valence-corrected chi connectivity index (χ1v) is 7.63. The zero-order chi connectivity index (χ0) is 13.1. The molecule has 0 saturated heterocycles. The van der Waals surface area contributed by atoms with Crippen LogP contribution in [-0.2, 0) is 5.75 Å². The molecular weight excluding hydrogens is 268 g/mol. The van der Waals surface area contributed by atoms with Gasteiger partial charge in [-0.3, -0.25) is 0 Å². The molecule has 7 heteroatoms. The van der Waals surface area contributed by atoms with Crippen molar-refractivity contribution in [1.82, 2.24) is 14.5 Å². The Morgan fingerprint density at radius 2 is 2.22 bits per heavy atom. The molecule has 0 spiro atoms. The minimum absolute atomic E-state index is 0.471. The molecule has 0 fully saturated rings. The molecule has 0 saturated carbocycles. The number of aromatic nitrogens is 3. The lowest BCUT2D eigenvalue weighted by Gasteiger charge is -2.00. The normalized spacial score (nSPS) is 11.3. The van der Waals surface area contributed by atoms with Crippen molar-refractivity contribution in [2.75, 3.05) is 11.5 Å². The molecule has 0 bridgehead atoms. The average molecular weight is 284 g/mol. The second-order valence-electron chi connectivity index (χ2n) is 4.43. The summed E-state index contributed by atoms with van der Waals surface area (Å²) in [5.41, 5.74) is 7.45. The highest BCUT2D eigenvalue weighted by Crippen LogP contribution is 2.31. The number of thioether (sulfide) groups is 1. The lowest BCUT2D eigenvalue weighted by Crippen LogP contribution is -1.93. The molecule has 2 heterocycles. The first kappa shape index (κ1) is 13.4. The second kappa shape index (κ2) is 5.71. The van der Waals surface area contributed by atoms with E-state index in [0.717, 1.165) is 22.8 Å². The summed E-state index contributed by atoms with van der Waals surface area (Å²) >= 11 is 3.06. The van der Waals surface area contributed by atoms with E-state index >= 15 is 0 Å². The molecule has 2 aromatic rings. The van der Waals surface area contributed by atoms with Gasteiger partial charge >= 0.3 is 0 Å². The highest BCUT2D eigenvalue weighted by molar-refractivity contribution is 7.98. The van der Waals surface area contributed by atoms with Crippen molar-refractivity contribution in [3.05, 3.63) is 11.5 Å². The van der Waals surface area contributed by atoms with Crippen molar-refractivity contribution in [1.29, 1.82) is 0 Å². The zero-order valence-corrected chi connectivity index (χ0v) is 12.3. The number of nitrogen functional groups attached to an aromatic ring is 1. The summed E-state index contributed by atoms with van der Waals surface area (Å²) in [7, 11) is 0. The standard InChI is InChI=1S/C11H16N4OS2/c1-6(2)4-17-5-8-13-11(16-14-8)9-7(3)15-18-10(9)12/h6H,4-5,12H2,1-3H3. The van der Waals surface area contributed by atoms with Gasteiger partial charge < -0.3 is 10.3 Å². The molecule has 0 aliphatic rings. The summed E-state index contributed by atoms with van der Waals surface area (Å²) in [5.74, 6) is 3.70. The fourth-order valence-electron chi connectivity index (χ4n) is 1.45. The highest BCUT2D eigenvalue weighted by Gasteiger charge is 2.17. The maximum Gasteiger partial charge on any atom is 0.262 e. The fourth-order valence-corrected chi connectivity index (χ4v) is 2.99. The van der Waals surface area contributed by atoms with Gasteiger partial charge in [-0.15, -0.1) is 0 Å². The van der Waals surface area contributed by atoms with Gasteiger partial charge in [0, 0.05) is 0 Å². The first-order valence-electron chi connectivity index (χ1n) is 5.70. The minimum Gasteiger partial charge on any atom is -0.389 e. The summed E-state index contributed by atoms with van der Waals surface area (Å²) in [6.07, 6.45) is 0. The first-order chi connectivity index (χ1) is 8.58. The molecule has 0 aliphatic carbocycles. The molecule has 0 atom stereocenters. The average Bonchev–Trinajstić information content (AvgIpc) is 2.86. The molecule has 0 aromatic carbocycles. The highest BCUT2D eigenvalue weighted by atomic mass is 32.2. The van der Waals surface area contributed by atoms with Crippen LogP contribution < -0.4 is 5.73 Å². The second-order valence-corrected chi connectivity index (χ2v) is 6.27. The number of rotatable bonds is 5. The van der Waals surface area contributed by atoms with Crippen LogP contribution in [0.25, 0.3) is 11.5 Å². The molecule has 2 aromatic heterocycles. The van der Waals surface area contributed by atoms with E-state index in [4.69, 9.17) is 10.3 Å². The Bertz CT molecular complexity index is 501. The molecule has 0 amide bonds. The topological polar surface area (TPSA) is 77.8 Å². The number of anilines is 1. The largest absolute Gasteiger partial charge is 0.389 e. The molecule has 2 N–H and O–H groups in total. The van der Waals surface area contributed by atoms with E-state index in [-0.39, 0.29) is 0 Å². The summed E-state index contributed by atoms with van der Waals surface area (Å²) in [6, 6.07) is 0. The van der Waals surface area contributed by atoms with E-state index in [1.807, 2.05) is 6.92 Å². The third-order valence-corrected chi connectivity index (χ3v) is 4.38. The van der Waals surface area contributed by atoms with Crippen molar-refractivity contribution in [2.45, 2.75) is 26.5 Å².